The van der Waals surface area contributed by atoms with Crippen LogP contribution >= 0.6 is 0 Å². The highest BCUT2D eigenvalue weighted by atomic mass is 16.1. The van der Waals surface area contributed by atoms with Crippen LogP contribution in [0.2, 0.25) is 0 Å². The Morgan fingerprint density at radius 2 is 2.38 bits per heavy atom. The molecule has 1 heterocycles. The molecule has 0 saturated carbocycles. The van der Waals surface area contributed by atoms with Crippen molar-refractivity contribution in [1.29, 1.82) is 5.41 Å². The van der Waals surface area contributed by atoms with Crippen LogP contribution in [0, 0.1) is 11.3 Å². The average Bonchev–Trinajstić information content (AvgIpc) is 2.46. The Labute approximate surface area is 78.1 Å². The fraction of sp³-hybridized carbons (Fsp3) is 0.500. The van der Waals surface area contributed by atoms with Crippen molar-refractivity contribution in [3.05, 3.63) is 11.8 Å². The quantitative estimate of drug-likeness (QED) is 0.703. The van der Waals surface area contributed by atoms with Gasteiger partial charge in [-0.05, 0) is 25.3 Å². The number of allylic oxidation sites excluding steroid dienone is 1. The topological polar surface area (TPSA) is 53.3 Å². The van der Waals surface area contributed by atoms with E-state index in [1.165, 1.54) is 6.21 Å². The molecule has 70 valence electrons. The molecule has 1 atom stereocenters. The first-order valence-electron chi connectivity index (χ1n) is 4.46. The van der Waals surface area contributed by atoms with Crippen LogP contribution in [0.5, 0.6) is 0 Å². The van der Waals surface area contributed by atoms with E-state index in [-0.39, 0.29) is 11.7 Å². The first-order chi connectivity index (χ1) is 6.15. The highest BCUT2D eigenvalue weighted by Crippen LogP contribution is 2.18. The number of carbonyl (C=O) groups excluding carboxylic acids is 1. The molecule has 0 aromatic carbocycles. The third-order valence-corrected chi connectivity index (χ3v) is 2.31. The van der Waals surface area contributed by atoms with Crippen LogP contribution < -0.4 is 0 Å². The molecular formula is C10H14N2O. The van der Waals surface area contributed by atoms with Gasteiger partial charge in [0.25, 0.3) is 0 Å². The number of nitrogens with zero attached hydrogens (tertiary/aromatic N) is 1. The minimum atomic E-state index is 0.0494. The molecule has 0 unspecified atom stereocenters. The summed E-state index contributed by atoms with van der Waals surface area (Å²) in [5, 5.41) is 7.49. The van der Waals surface area contributed by atoms with Gasteiger partial charge in [0.1, 0.15) is 5.78 Å². The predicted octanol–water partition coefficient (Wildman–Crippen LogP) is 1.98. The lowest BCUT2D eigenvalue weighted by molar-refractivity contribution is -0.120. The molecule has 0 amide bonds. The lowest BCUT2D eigenvalue weighted by Gasteiger charge is -2.10. The summed E-state index contributed by atoms with van der Waals surface area (Å²) in [6.45, 7) is 3.60. The van der Waals surface area contributed by atoms with Gasteiger partial charge in [-0.15, -0.1) is 0 Å². The zero-order chi connectivity index (χ0) is 9.84. The molecule has 0 bridgehead atoms. The first kappa shape index (κ1) is 9.84. The number of aliphatic imine (C=N–C) groups is 1. The van der Waals surface area contributed by atoms with Gasteiger partial charge in [0, 0.05) is 12.1 Å². The fourth-order valence-corrected chi connectivity index (χ4v) is 1.36. The zero-order valence-corrected chi connectivity index (χ0v) is 8.00. The highest BCUT2D eigenvalue weighted by molar-refractivity contribution is 6.38. The maximum Gasteiger partial charge on any atom is 0.133 e. The molecule has 0 fully saturated rings. The maximum absolute atomic E-state index is 11.1. The van der Waals surface area contributed by atoms with Crippen molar-refractivity contribution in [2.45, 2.75) is 26.7 Å². The molecule has 3 nitrogen and oxygen atoms in total. The van der Waals surface area contributed by atoms with Crippen LogP contribution in [0.15, 0.2) is 16.8 Å². The Morgan fingerprint density at radius 1 is 1.69 bits per heavy atom. The Hall–Kier alpha value is -1.25. The molecule has 0 aromatic heterocycles. The normalized spacial score (nSPS) is 17.4. The van der Waals surface area contributed by atoms with Crippen LogP contribution in [0.1, 0.15) is 26.7 Å². The van der Waals surface area contributed by atoms with E-state index in [0.717, 1.165) is 12.0 Å². The number of rotatable bonds is 4. The van der Waals surface area contributed by atoms with Gasteiger partial charge in [0.15, 0.2) is 0 Å². The monoisotopic (exact) mass is 178 g/mol. The van der Waals surface area contributed by atoms with Gasteiger partial charge in [-0.3, -0.25) is 15.2 Å². The summed E-state index contributed by atoms with van der Waals surface area (Å²) in [4.78, 5) is 15.0. The van der Waals surface area contributed by atoms with Gasteiger partial charge in [0.2, 0.25) is 0 Å². The molecule has 1 aliphatic rings. The van der Waals surface area contributed by atoms with E-state index >= 15 is 0 Å². The van der Waals surface area contributed by atoms with Gasteiger partial charge in [-0.25, -0.2) is 0 Å². The molecule has 1 N–H and O–H groups in total. The van der Waals surface area contributed by atoms with Crippen LogP contribution in [-0.4, -0.2) is 17.7 Å². The number of ketones is 1. The summed E-state index contributed by atoms with van der Waals surface area (Å²) >= 11 is 0. The molecule has 13 heavy (non-hydrogen) atoms. The van der Waals surface area contributed by atoms with E-state index in [2.05, 4.69) is 4.99 Å². The molecule has 1 aliphatic heterocycles. The van der Waals surface area contributed by atoms with Gasteiger partial charge < -0.3 is 0 Å². The Bertz CT molecular complexity index is 289. The second-order valence-corrected chi connectivity index (χ2v) is 3.27. The van der Waals surface area contributed by atoms with Crippen molar-refractivity contribution in [3.8, 4) is 0 Å². The summed E-state index contributed by atoms with van der Waals surface area (Å²) in [6, 6.07) is 0. The predicted molar refractivity (Wildman–Crippen MR) is 53.4 cm³/mol. The van der Waals surface area contributed by atoms with E-state index in [0.29, 0.717) is 12.1 Å². The number of Topliss-reactive ketones (excluding diaryl/α,β-unsaturated/α-hetero) is 1. The summed E-state index contributed by atoms with van der Waals surface area (Å²) in [6.07, 6.45) is 4.68. The van der Waals surface area contributed by atoms with Crippen LogP contribution in [-0.2, 0) is 4.79 Å². The second-order valence-electron chi connectivity index (χ2n) is 3.27. The molecule has 3 heteroatoms. The molecule has 1 rings (SSSR count). The largest absolute Gasteiger partial charge is 0.300 e. The van der Waals surface area contributed by atoms with Gasteiger partial charge >= 0.3 is 0 Å². The smallest absolute Gasteiger partial charge is 0.133 e. The molecule has 0 aromatic rings. The van der Waals surface area contributed by atoms with E-state index in [1.54, 1.807) is 13.1 Å². The summed E-state index contributed by atoms with van der Waals surface area (Å²) in [7, 11) is 0. The van der Waals surface area contributed by atoms with Crippen LogP contribution in [0.4, 0.5) is 0 Å². The number of nitrogens with one attached hydrogen (secondary N) is 1. The third kappa shape index (κ3) is 2.34. The van der Waals surface area contributed by atoms with Crippen molar-refractivity contribution < 1.29 is 4.79 Å². The second kappa shape index (κ2) is 4.12. The lowest BCUT2D eigenvalue weighted by atomic mass is 9.92. The zero-order valence-electron chi connectivity index (χ0n) is 8.00. The average molecular weight is 178 g/mol. The number of carbonyl (C=O) groups is 1. The SMILES string of the molecule is CC[C@H](CC1=CN=CC1=N)C(C)=O. The van der Waals surface area contributed by atoms with Crippen LogP contribution in [0.25, 0.3) is 0 Å². The Balaban J connectivity index is 2.58. The Kier molecular flexibility index (Phi) is 3.12. The van der Waals surface area contributed by atoms with E-state index in [1.807, 2.05) is 6.92 Å². The Morgan fingerprint density at radius 3 is 2.77 bits per heavy atom. The summed E-state index contributed by atoms with van der Waals surface area (Å²) < 4.78 is 0. The third-order valence-electron chi connectivity index (χ3n) is 2.31. The van der Waals surface area contributed by atoms with Crippen LogP contribution in [0.3, 0.4) is 0 Å². The van der Waals surface area contributed by atoms with E-state index < -0.39 is 0 Å². The maximum atomic E-state index is 11.1. The van der Waals surface area contributed by atoms with Gasteiger partial charge in [-0.2, -0.15) is 0 Å². The lowest BCUT2D eigenvalue weighted by Crippen LogP contribution is -2.13. The van der Waals surface area contributed by atoms with E-state index in [4.69, 9.17) is 5.41 Å². The minimum Gasteiger partial charge on any atom is -0.300 e. The van der Waals surface area contributed by atoms with Crippen molar-refractivity contribution in [3.63, 3.8) is 0 Å². The number of hydrogen-bond donors (Lipinski definition) is 1. The molecule has 0 saturated heterocycles. The molecule has 0 aliphatic carbocycles. The number of hydrogen-bond acceptors (Lipinski definition) is 3. The summed E-state index contributed by atoms with van der Waals surface area (Å²) in [5.41, 5.74) is 1.32. The van der Waals surface area contributed by atoms with E-state index in [9.17, 15) is 4.79 Å². The van der Waals surface area contributed by atoms with Crippen molar-refractivity contribution in [2.24, 2.45) is 10.9 Å². The van der Waals surface area contributed by atoms with Crippen molar-refractivity contribution in [2.75, 3.05) is 0 Å². The molecular weight excluding hydrogens is 164 g/mol. The van der Waals surface area contributed by atoms with Crippen molar-refractivity contribution >= 4 is 17.7 Å². The standard InChI is InChI=1S/C10H14N2O/c1-3-8(7(2)13)4-9-5-12-6-10(9)11/h5-6,8,11H,3-4H2,1-2H3/t8-/m1/s1. The van der Waals surface area contributed by atoms with Gasteiger partial charge in [-0.1, -0.05) is 6.92 Å². The molecule has 0 spiro atoms. The fourth-order valence-electron chi connectivity index (χ4n) is 1.36. The van der Waals surface area contributed by atoms with Crippen molar-refractivity contribution in [1.82, 2.24) is 0 Å². The highest BCUT2D eigenvalue weighted by Gasteiger charge is 2.17. The minimum absolute atomic E-state index is 0.0494. The molecule has 0 radical (unpaired) electrons. The first-order valence-corrected chi connectivity index (χ1v) is 4.46. The summed E-state index contributed by atoms with van der Waals surface area (Å²) in [5.74, 6) is 0.247. The van der Waals surface area contributed by atoms with Gasteiger partial charge in [0.05, 0.1) is 11.9 Å².